The van der Waals surface area contributed by atoms with Crippen LogP contribution in [0.3, 0.4) is 0 Å². The molecule has 0 aliphatic heterocycles. The molecule has 0 bridgehead atoms. The molecule has 0 N–H and O–H groups in total. The van der Waals surface area contributed by atoms with Crippen molar-refractivity contribution in [2.45, 2.75) is 77.6 Å². The Morgan fingerprint density at radius 1 is 0.935 bits per heavy atom. The van der Waals surface area contributed by atoms with E-state index in [1.165, 1.54) is 75.3 Å². The number of rotatable bonds is 12. The van der Waals surface area contributed by atoms with Gasteiger partial charge in [-0.1, -0.05) is 76.3 Å². The summed E-state index contributed by atoms with van der Waals surface area (Å²) in [4.78, 5) is 9.20. The van der Waals surface area contributed by atoms with Crippen LogP contribution in [0.25, 0.3) is 11.4 Å². The van der Waals surface area contributed by atoms with Crippen molar-refractivity contribution in [3.05, 3.63) is 53.8 Å². The fraction of sp³-hybridized carbons (Fsp3) is 0.556. The Balaban J connectivity index is 1.39. The van der Waals surface area contributed by atoms with Gasteiger partial charge < -0.3 is 4.74 Å². The summed E-state index contributed by atoms with van der Waals surface area (Å²) >= 11 is 5.51. The molecule has 168 valence electrons. The van der Waals surface area contributed by atoms with E-state index >= 15 is 0 Å². The van der Waals surface area contributed by atoms with Crippen molar-refractivity contribution < 1.29 is 4.74 Å². The zero-order chi connectivity index (χ0) is 21.7. The highest BCUT2D eigenvalue weighted by molar-refractivity contribution is 6.25. The molecule has 1 aliphatic carbocycles. The third kappa shape index (κ3) is 8.29. The normalized spacial score (nSPS) is 19.0. The summed E-state index contributed by atoms with van der Waals surface area (Å²) in [7, 11) is 0. The lowest BCUT2D eigenvalue weighted by Gasteiger charge is -2.28. The summed E-state index contributed by atoms with van der Waals surface area (Å²) in [6, 6.07) is 7.87. The number of ether oxygens (including phenoxy) is 1. The molecule has 1 fully saturated rings. The molecular weight excluding hydrogens is 404 g/mol. The van der Waals surface area contributed by atoms with E-state index in [2.05, 4.69) is 16.9 Å². The molecule has 0 atom stereocenters. The first kappa shape index (κ1) is 23.8. The first-order chi connectivity index (χ1) is 15.3. The molecule has 0 unspecified atom stereocenters. The number of benzene rings is 1. The number of aromatic nitrogens is 2. The topological polar surface area (TPSA) is 35.0 Å². The Morgan fingerprint density at radius 3 is 2.26 bits per heavy atom. The van der Waals surface area contributed by atoms with Crippen LogP contribution in [0.2, 0.25) is 0 Å². The SMILES string of the molecule is CCCCCCC1CCC(CCc2cnc(-c3ccc(OCC=CCl)cc3)nc2)CC1. The molecule has 0 saturated heterocycles. The number of nitrogens with zero attached hydrogens (tertiary/aromatic N) is 2. The third-order valence-corrected chi connectivity index (χ3v) is 6.70. The van der Waals surface area contributed by atoms with Crippen molar-refractivity contribution in [3.63, 3.8) is 0 Å². The van der Waals surface area contributed by atoms with Crippen LogP contribution < -0.4 is 4.74 Å². The largest absolute Gasteiger partial charge is 0.490 e. The van der Waals surface area contributed by atoms with Gasteiger partial charge in [-0.25, -0.2) is 9.97 Å². The molecule has 3 nitrogen and oxygen atoms in total. The van der Waals surface area contributed by atoms with E-state index in [-0.39, 0.29) is 0 Å². The second-order valence-corrected chi connectivity index (χ2v) is 9.14. The van der Waals surface area contributed by atoms with Crippen LogP contribution in [-0.2, 0) is 6.42 Å². The first-order valence-electron chi connectivity index (χ1n) is 12.1. The standard InChI is InChI=1S/C27H37ClN2O/c1-2-3-4-5-7-22-8-10-23(11-9-22)12-13-24-20-29-27(30-21-24)25-14-16-26(17-15-25)31-19-6-18-28/h6,14-18,20-23H,2-5,7-13,19H2,1H3. The van der Waals surface area contributed by atoms with Gasteiger partial charge in [-0.2, -0.15) is 0 Å². The molecule has 31 heavy (non-hydrogen) atoms. The Morgan fingerprint density at radius 2 is 1.61 bits per heavy atom. The average Bonchev–Trinajstić information content (AvgIpc) is 2.82. The molecular formula is C27H37ClN2O. The van der Waals surface area contributed by atoms with Gasteiger partial charge in [0.2, 0.25) is 0 Å². The van der Waals surface area contributed by atoms with Crippen molar-refractivity contribution in [1.82, 2.24) is 9.97 Å². The van der Waals surface area contributed by atoms with Gasteiger partial charge in [0.25, 0.3) is 0 Å². The molecule has 1 heterocycles. The maximum atomic E-state index is 5.57. The molecule has 1 aromatic carbocycles. The van der Waals surface area contributed by atoms with Crippen LogP contribution in [0, 0.1) is 11.8 Å². The zero-order valence-corrected chi connectivity index (χ0v) is 19.7. The predicted molar refractivity (Wildman–Crippen MR) is 130 cm³/mol. The number of halogens is 1. The van der Waals surface area contributed by atoms with E-state index in [4.69, 9.17) is 16.3 Å². The summed E-state index contributed by atoms with van der Waals surface area (Å²) in [6.07, 6.45) is 20.9. The van der Waals surface area contributed by atoms with Crippen LogP contribution >= 0.6 is 11.6 Å². The molecule has 1 saturated carbocycles. The fourth-order valence-corrected chi connectivity index (χ4v) is 4.63. The summed E-state index contributed by atoms with van der Waals surface area (Å²) < 4.78 is 5.57. The minimum atomic E-state index is 0.467. The summed E-state index contributed by atoms with van der Waals surface area (Å²) in [5.41, 5.74) is 3.71. The fourth-order valence-electron chi connectivity index (χ4n) is 4.55. The van der Waals surface area contributed by atoms with E-state index in [1.54, 1.807) is 6.08 Å². The van der Waals surface area contributed by atoms with Crippen molar-refractivity contribution >= 4 is 11.6 Å². The maximum absolute atomic E-state index is 5.57. The lowest BCUT2D eigenvalue weighted by molar-refractivity contribution is 0.249. The van der Waals surface area contributed by atoms with Gasteiger partial charge in [-0.3, -0.25) is 0 Å². The van der Waals surface area contributed by atoms with Crippen LogP contribution in [-0.4, -0.2) is 16.6 Å². The predicted octanol–water partition coefficient (Wildman–Crippen LogP) is 7.98. The van der Waals surface area contributed by atoms with Crippen molar-refractivity contribution in [2.24, 2.45) is 11.8 Å². The molecule has 4 heteroatoms. The van der Waals surface area contributed by atoms with Crippen LogP contribution in [0.1, 0.15) is 76.7 Å². The smallest absolute Gasteiger partial charge is 0.159 e. The summed E-state index contributed by atoms with van der Waals surface area (Å²) in [6.45, 7) is 2.76. The Kier molecular flexibility index (Phi) is 10.4. The van der Waals surface area contributed by atoms with Crippen molar-refractivity contribution in [1.29, 1.82) is 0 Å². The Labute approximate surface area is 193 Å². The number of hydrogen-bond acceptors (Lipinski definition) is 3. The highest BCUT2D eigenvalue weighted by atomic mass is 35.5. The molecule has 0 spiro atoms. The van der Waals surface area contributed by atoms with Crippen LogP contribution in [0.15, 0.2) is 48.3 Å². The summed E-state index contributed by atoms with van der Waals surface area (Å²) in [5.74, 6) is 3.45. The van der Waals surface area contributed by atoms with Gasteiger partial charge >= 0.3 is 0 Å². The summed E-state index contributed by atoms with van der Waals surface area (Å²) in [5, 5.41) is 0. The van der Waals surface area contributed by atoms with E-state index in [1.807, 2.05) is 36.7 Å². The van der Waals surface area contributed by atoms with Crippen LogP contribution in [0.5, 0.6) is 5.75 Å². The van der Waals surface area contributed by atoms with Gasteiger partial charge in [0.15, 0.2) is 5.82 Å². The third-order valence-electron chi connectivity index (χ3n) is 6.53. The van der Waals surface area contributed by atoms with E-state index in [0.717, 1.165) is 35.4 Å². The number of aryl methyl sites for hydroxylation is 1. The van der Waals surface area contributed by atoms with Gasteiger partial charge in [0.1, 0.15) is 12.4 Å². The minimum absolute atomic E-state index is 0.467. The highest BCUT2D eigenvalue weighted by Gasteiger charge is 2.20. The Bertz CT molecular complexity index is 765. The first-order valence-corrected chi connectivity index (χ1v) is 12.5. The van der Waals surface area contributed by atoms with Gasteiger partial charge in [0, 0.05) is 23.5 Å². The van der Waals surface area contributed by atoms with E-state index in [9.17, 15) is 0 Å². The van der Waals surface area contributed by atoms with Crippen molar-refractivity contribution in [3.8, 4) is 17.1 Å². The highest BCUT2D eigenvalue weighted by Crippen LogP contribution is 2.34. The van der Waals surface area contributed by atoms with E-state index in [0.29, 0.717) is 6.61 Å². The number of unbranched alkanes of at least 4 members (excludes halogenated alkanes) is 3. The number of hydrogen-bond donors (Lipinski definition) is 0. The zero-order valence-electron chi connectivity index (χ0n) is 18.9. The Hall–Kier alpha value is -1.87. The second-order valence-electron chi connectivity index (χ2n) is 8.89. The lowest BCUT2D eigenvalue weighted by atomic mass is 9.78. The van der Waals surface area contributed by atoms with Gasteiger partial charge in [-0.15, -0.1) is 0 Å². The molecule has 0 amide bonds. The minimum Gasteiger partial charge on any atom is -0.490 e. The molecule has 1 aromatic heterocycles. The monoisotopic (exact) mass is 440 g/mol. The average molecular weight is 441 g/mol. The molecule has 3 rings (SSSR count). The second kappa shape index (κ2) is 13.5. The quantitative estimate of drug-likeness (QED) is 0.313. The van der Waals surface area contributed by atoms with E-state index < -0.39 is 0 Å². The van der Waals surface area contributed by atoms with Gasteiger partial charge in [-0.05, 0) is 60.6 Å². The molecule has 0 radical (unpaired) electrons. The van der Waals surface area contributed by atoms with Crippen LogP contribution in [0.4, 0.5) is 0 Å². The molecule has 1 aliphatic rings. The lowest BCUT2D eigenvalue weighted by Crippen LogP contribution is -2.15. The molecule has 2 aromatic rings. The maximum Gasteiger partial charge on any atom is 0.159 e. The van der Waals surface area contributed by atoms with Crippen molar-refractivity contribution in [2.75, 3.05) is 6.61 Å². The van der Waals surface area contributed by atoms with Gasteiger partial charge in [0.05, 0.1) is 0 Å².